The van der Waals surface area contributed by atoms with Gasteiger partial charge in [0.1, 0.15) is 10.7 Å². The topological polar surface area (TPSA) is 59.1 Å². The van der Waals surface area contributed by atoms with Crippen LogP contribution in [0.15, 0.2) is 41.4 Å². The standard InChI is InChI=1S/C13H13FN2O2S/c1-9-3-4-12(14)13(7-9)19(17,18)16-11-5-6-15-10(2)8-11/h3-8H,1-2H3,(H,15,16). The number of pyridine rings is 1. The number of benzene rings is 1. The fraction of sp³-hybridized carbons (Fsp3) is 0.154. The monoisotopic (exact) mass is 280 g/mol. The molecule has 0 aliphatic heterocycles. The highest BCUT2D eigenvalue weighted by atomic mass is 32.2. The molecule has 0 fully saturated rings. The number of aryl methyl sites for hydroxylation is 2. The molecule has 2 rings (SSSR count). The zero-order valence-electron chi connectivity index (χ0n) is 10.5. The zero-order chi connectivity index (χ0) is 14.0. The minimum atomic E-state index is -3.94. The minimum absolute atomic E-state index is 0.355. The lowest BCUT2D eigenvalue weighted by molar-refractivity contribution is 0.570. The van der Waals surface area contributed by atoms with E-state index in [0.717, 1.165) is 6.07 Å². The van der Waals surface area contributed by atoms with E-state index in [1.807, 2.05) is 0 Å². The van der Waals surface area contributed by atoms with Crippen LogP contribution in [0, 0.1) is 19.7 Å². The number of sulfonamides is 1. The summed E-state index contributed by atoms with van der Waals surface area (Å²) in [5, 5.41) is 0. The Bertz CT molecular complexity index is 714. The lowest BCUT2D eigenvalue weighted by atomic mass is 10.2. The Balaban J connectivity index is 2.40. The molecule has 1 heterocycles. The van der Waals surface area contributed by atoms with E-state index in [-0.39, 0.29) is 4.90 Å². The summed E-state index contributed by atoms with van der Waals surface area (Å²) in [5.41, 5.74) is 1.70. The number of anilines is 1. The second-order valence-corrected chi connectivity index (χ2v) is 5.88. The molecule has 0 amide bonds. The van der Waals surface area contributed by atoms with Crippen molar-refractivity contribution in [3.63, 3.8) is 0 Å². The van der Waals surface area contributed by atoms with Crippen molar-refractivity contribution in [2.75, 3.05) is 4.72 Å². The highest BCUT2D eigenvalue weighted by molar-refractivity contribution is 7.92. The van der Waals surface area contributed by atoms with E-state index in [9.17, 15) is 12.8 Å². The van der Waals surface area contributed by atoms with Gasteiger partial charge < -0.3 is 0 Å². The predicted octanol–water partition coefficient (Wildman–Crippen LogP) is 2.64. The van der Waals surface area contributed by atoms with Crippen molar-refractivity contribution in [1.29, 1.82) is 0 Å². The fourth-order valence-electron chi connectivity index (χ4n) is 1.64. The summed E-state index contributed by atoms with van der Waals surface area (Å²) >= 11 is 0. The second-order valence-electron chi connectivity index (χ2n) is 4.23. The Morgan fingerprint density at radius 1 is 1.16 bits per heavy atom. The molecule has 2 aromatic rings. The molecule has 6 heteroatoms. The molecule has 0 aliphatic carbocycles. The molecule has 100 valence electrons. The van der Waals surface area contributed by atoms with Gasteiger partial charge in [-0.1, -0.05) is 6.07 Å². The van der Waals surface area contributed by atoms with Crippen molar-refractivity contribution in [3.8, 4) is 0 Å². The van der Waals surface area contributed by atoms with Crippen LogP contribution in [0.3, 0.4) is 0 Å². The third-order valence-electron chi connectivity index (χ3n) is 2.53. The molecule has 4 nitrogen and oxygen atoms in total. The summed E-state index contributed by atoms with van der Waals surface area (Å²) in [6, 6.07) is 7.04. The molecule has 19 heavy (non-hydrogen) atoms. The third kappa shape index (κ3) is 3.08. The summed E-state index contributed by atoms with van der Waals surface area (Å²) in [6.07, 6.45) is 1.49. The van der Waals surface area contributed by atoms with Gasteiger partial charge in [-0.2, -0.15) is 0 Å². The van der Waals surface area contributed by atoms with Crippen LogP contribution in [-0.2, 0) is 10.0 Å². The fourth-order valence-corrected chi connectivity index (χ4v) is 2.85. The summed E-state index contributed by atoms with van der Waals surface area (Å²) in [6.45, 7) is 3.44. The van der Waals surface area contributed by atoms with Crippen molar-refractivity contribution < 1.29 is 12.8 Å². The van der Waals surface area contributed by atoms with Gasteiger partial charge in [0.05, 0.1) is 5.69 Å². The number of aromatic nitrogens is 1. The molecule has 0 spiro atoms. The van der Waals surface area contributed by atoms with Gasteiger partial charge in [-0.25, -0.2) is 12.8 Å². The van der Waals surface area contributed by atoms with Crippen LogP contribution in [0.2, 0.25) is 0 Å². The Morgan fingerprint density at radius 2 is 1.89 bits per heavy atom. The molecule has 1 N–H and O–H groups in total. The number of nitrogens with zero attached hydrogens (tertiary/aromatic N) is 1. The van der Waals surface area contributed by atoms with Gasteiger partial charge in [0.25, 0.3) is 10.0 Å². The number of halogens is 1. The summed E-state index contributed by atoms with van der Waals surface area (Å²) in [4.78, 5) is 3.61. The van der Waals surface area contributed by atoms with Crippen LogP contribution in [-0.4, -0.2) is 13.4 Å². The Kier molecular flexibility index (Phi) is 3.53. The van der Waals surface area contributed by atoms with Crippen molar-refractivity contribution >= 4 is 15.7 Å². The van der Waals surface area contributed by atoms with Crippen molar-refractivity contribution in [2.45, 2.75) is 18.7 Å². The average Bonchev–Trinajstić information content (AvgIpc) is 2.31. The first kappa shape index (κ1) is 13.5. The van der Waals surface area contributed by atoms with E-state index in [1.54, 1.807) is 19.9 Å². The van der Waals surface area contributed by atoms with Crippen molar-refractivity contribution in [1.82, 2.24) is 4.98 Å². The lowest BCUT2D eigenvalue weighted by Gasteiger charge is -2.09. The molecule has 1 aromatic heterocycles. The maximum Gasteiger partial charge on any atom is 0.264 e. The minimum Gasteiger partial charge on any atom is -0.279 e. The van der Waals surface area contributed by atoms with Gasteiger partial charge in [-0.15, -0.1) is 0 Å². The Hall–Kier alpha value is -1.95. The van der Waals surface area contributed by atoms with Gasteiger partial charge in [0.15, 0.2) is 0 Å². The number of hydrogen-bond acceptors (Lipinski definition) is 3. The number of nitrogens with one attached hydrogen (secondary N) is 1. The van der Waals surface area contributed by atoms with Gasteiger partial charge in [-0.05, 0) is 43.7 Å². The molecular formula is C13H13FN2O2S. The molecule has 0 aliphatic rings. The highest BCUT2D eigenvalue weighted by Gasteiger charge is 2.19. The van der Waals surface area contributed by atoms with Gasteiger partial charge in [0, 0.05) is 11.9 Å². The van der Waals surface area contributed by atoms with E-state index >= 15 is 0 Å². The van der Waals surface area contributed by atoms with Crippen molar-refractivity contribution in [2.24, 2.45) is 0 Å². The van der Waals surface area contributed by atoms with Gasteiger partial charge in [0.2, 0.25) is 0 Å². The number of hydrogen-bond donors (Lipinski definition) is 1. The van der Waals surface area contributed by atoms with Gasteiger partial charge >= 0.3 is 0 Å². The molecule has 0 radical (unpaired) electrons. The Labute approximate surface area is 111 Å². The predicted molar refractivity (Wildman–Crippen MR) is 70.9 cm³/mol. The van der Waals surface area contributed by atoms with E-state index in [2.05, 4.69) is 9.71 Å². The number of rotatable bonds is 3. The first-order chi connectivity index (χ1) is 8.88. The maximum atomic E-state index is 13.6. The molecule has 0 bridgehead atoms. The summed E-state index contributed by atoms with van der Waals surface area (Å²) in [7, 11) is -3.94. The van der Waals surface area contributed by atoms with E-state index in [0.29, 0.717) is 16.9 Å². The van der Waals surface area contributed by atoms with Crippen LogP contribution >= 0.6 is 0 Å². The van der Waals surface area contributed by atoms with Crippen LogP contribution < -0.4 is 4.72 Å². The smallest absolute Gasteiger partial charge is 0.264 e. The van der Waals surface area contributed by atoms with E-state index in [1.165, 1.54) is 24.4 Å². The molecular weight excluding hydrogens is 267 g/mol. The molecule has 0 saturated heterocycles. The lowest BCUT2D eigenvalue weighted by Crippen LogP contribution is -2.15. The quantitative estimate of drug-likeness (QED) is 0.940. The molecule has 0 unspecified atom stereocenters. The molecule has 0 atom stereocenters. The van der Waals surface area contributed by atoms with Crippen LogP contribution in [0.5, 0.6) is 0 Å². The third-order valence-corrected chi connectivity index (χ3v) is 3.92. The van der Waals surface area contributed by atoms with Crippen LogP contribution in [0.1, 0.15) is 11.3 Å². The summed E-state index contributed by atoms with van der Waals surface area (Å²) < 4.78 is 40.2. The normalized spacial score (nSPS) is 11.3. The molecule has 1 aromatic carbocycles. The first-order valence-corrected chi connectivity index (χ1v) is 7.08. The van der Waals surface area contributed by atoms with Crippen LogP contribution in [0.4, 0.5) is 10.1 Å². The van der Waals surface area contributed by atoms with Gasteiger partial charge in [-0.3, -0.25) is 9.71 Å². The van der Waals surface area contributed by atoms with E-state index in [4.69, 9.17) is 0 Å². The highest BCUT2D eigenvalue weighted by Crippen LogP contribution is 2.20. The SMILES string of the molecule is Cc1ccc(F)c(S(=O)(=O)Nc2ccnc(C)c2)c1. The van der Waals surface area contributed by atoms with E-state index < -0.39 is 15.8 Å². The summed E-state index contributed by atoms with van der Waals surface area (Å²) in [5.74, 6) is -0.774. The first-order valence-electron chi connectivity index (χ1n) is 5.60. The largest absolute Gasteiger partial charge is 0.279 e. The Morgan fingerprint density at radius 3 is 2.58 bits per heavy atom. The molecule has 0 saturated carbocycles. The van der Waals surface area contributed by atoms with Crippen LogP contribution in [0.25, 0.3) is 0 Å². The zero-order valence-corrected chi connectivity index (χ0v) is 11.3. The second kappa shape index (κ2) is 4.97. The van der Waals surface area contributed by atoms with Crippen molar-refractivity contribution in [3.05, 3.63) is 53.6 Å². The average molecular weight is 280 g/mol. The maximum absolute atomic E-state index is 13.6.